The van der Waals surface area contributed by atoms with Crippen molar-refractivity contribution in [3.63, 3.8) is 0 Å². The minimum Gasteiger partial charge on any atom is -0.493 e. The molecule has 1 aliphatic carbocycles. The maximum atomic E-state index is 9.69. The minimum absolute atomic E-state index is 0.108. The number of thioether (sulfide) groups is 1. The van der Waals surface area contributed by atoms with E-state index in [0.717, 1.165) is 30.9 Å². The molecule has 1 aliphatic rings. The van der Waals surface area contributed by atoms with Gasteiger partial charge >= 0.3 is 0 Å². The molecule has 1 saturated carbocycles. The number of aliphatic hydroxyl groups excluding tert-OH is 1. The van der Waals surface area contributed by atoms with Crippen molar-refractivity contribution >= 4 is 11.8 Å². The van der Waals surface area contributed by atoms with Crippen LogP contribution >= 0.6 is 11.8 Å². The highest BCUT2D eigenvalue weighted by atomic mass is 32.2. The predicted molar refractivity (Wildman–Crippen MR) is 86.5 cm³/mol. The third kappa shape index (κ3) is 3.65. The maximum absolute atomic E-state index is 9.69. The van der Waals surface area contributed by atoms with E-state index in [0.29, 0.717) is 0 Å². The van der Waals surface area contributed by atoms with E-state index in [9.17, 15) is 5.11 Å². The minimum atomic E-state index is -0.108. The second-order valence-corrected chi connectivity index (χ2v) is 6.37. The van der Waals surface area contributed by atoms with Gasteiger partial charge in [-0.3, -0.25) is 0 Å². The summed E-state index contributed by atoms with van der Waals surface area (Å²) in [6, 6.07) is 4.04. The first-order valence-electron chi connectivity index (χ1n) is 7.33. The quantitative estimate of drug-likeness (QED) is 0.758. The van der Waals surface area contributed by atoms with Crippen LogP contribution in [0, 0.1) is 0 Å². The zero-order chi connectivity index (χ0) is 15.3. The summed E-state index contributed by atoms with van der Waals surface area (Å²) in [6.45, 7) is 0.936. The standard InChI is InChI=1S/C16H25NO3S/c1-19-13-8-12(15(21-3)9-14(13)20-2)10-17-16(11-18)6-4-5-7-16/h8-9,17-18H,4-7,10-11H2,1-3H3. The molecule has 2 rings (SSSR count). The fourth-order valence-electron chi connectivity index (χ4n) is 2.96. The van der Waals surface area contributed by atoms with Gasteiger partial charge in [-0.25, -0.2) is 0 Å². The van der Waals surface area contributed by atoms with E-state index in [1.54, 1.807) is 26.0 Å². The molecule has 0 saturated heterocycles. The van der Waals surface area contributed by atoms with E-state index in [2.05, 4.69) is 11.6 Å². The van der Waals surface area contributed by atoms with Gasteiger partial charge in [0.2, 0.25) is 0 Å². The Morgan fingerprint density at radius 2 is 1.81 bits per heavy atom. The number of ether oxygens (including phenoxy) is 2. The number of aliphatic hydroxyl groups is 1. The highest BCUT2D eigenvalue weighted by Crippen LogP contribution is 2.35. The molecule has 0 heterocycles. The lowest BCUT2D eigenvalue weighted by Gasteiger charge is -2.28. The Hall–Kier alpha value is -0.910. The normalized spacial score (nSPS) is 17.0. The monoisotopic (exact) mass is 311 g/mol. The van der Waals surface area contributed by atoms with Crippen LogP contribution in [0.1, 0.15) is 31.2 Å². The molecule has 0 aromatic heterocycles. The fraction of sp³-hybridized carbons (Fsp3) is 0.625. The van der Waals surface area contributed by atoms with Crippen LogP contribution in [0.15, 0.2) is 17.0 Å². The van der Waals surface area contributed by atoms with Gasteiger partial charge in [0, 0.05) is 17.0 Å². The van der Waals surface area contributed by atoms with Crippen molar-refractivity contribution in [2.75, 3.05) is 27.1 Å². The summed E-state index contributed by atoms with van der Waals surface area (Å²) >= 11 is 1.70. The molecule has 118 valence electrons. The number of nitrogens with one attached hydrogen (secondary N) is 1. The Morgan fingerprint density at radius 3 is 2.33 bits per heavy atom. The SMILES string of the molecule is COc1cc(CNC2(CO)CCCC2)c(SC)cc1OC. The summed E-state index contributed by atoms with van der Waals surface area (Å²) in [5, 5.41) is 13.3. The van der Waals surface area contributed by atoms with E-state index in [1.165, 1.54) is 23.3 Å². The van der Waals surface area contributed by atoms with Crippen molar-refractivity contribution in [2.24, 2.45) is 0 Å². The summed E-state index contributed by atoms with van der Waals surface area (Å²) < 4.78 is 10.7. The average Bonchev–Trinajstić information content (AvgIpc) is 3.01. The first-order valence-corrected chi connectivity index (χ1v) is 8.55. The molecule has 0 unspecified atom stereocenters. The highest BCUT2D eigenvalue weighted by Gasteiger charge is 2.32. The Morgan fingerprint density at radius 1 is 1.19 bits per heavy atom. The van der Waals surface area contributed by atoms with Gasteiger partial charge in [-0.2, -0.15) is 0 Å². The molecule has 0 atom stereocenters. The fourth-order valence-corrected chi connectivity index (χ4v) is 3.57. The van der Waals surface area contributed by atoms with Crippen LogP contribution in [0.5, 0.6) is 11.5 Å². The van der Waals surface area contributed by atoms with Crippen molar-refractivity contribution < 1.29 is 14.6 Å². The van der Waals surface area contributed by atoms with E-state index in [4.69, 9.17) is 9.47 Å². The molecule has 0 aliphatic heterocycles. The largest absolute Gasteiger partial charge is 0.493 e. The Balaban J connectivity index is 2.18. The van der Waals surface area contributed by atoms with Crippen molar-refractivity contribution in [3.8, 4) is 11.5 Å². The highest BCUT2D eigenvalue weighted by molar-refractivity contribution is 7.98. The van der Waals surface area contributed by atoms with Gasteiger partial charge < -0.3 is 19.9 Å². The third-order valence-corrected chi connectivity index (χ3v) is 5.12. The molecule has 1 aromatic carbocycles. The zero-order valence-electron chi connectivity index (χ0n) is 13.1. The smallest absolute Gasteiger partial charge is 0.161 e. The molecule has 4 nitrogen and oxygen atoms in total. The molecule has 1 aromatic rings. The Kier molecular flexibility index (Phi) is 5.79. The van der Waals surface area contributed by atoms with Crippen molar-refractivity contribution in [1.29, 1.82) is 0 Å². The van der Waals surface area contributed by atoms with E-state index in [-0.39, 0.29) is 12.1 Å². The van der Waals surface area contributed by atoms with Gasteiger partial charge in [-0.05, 0) is 36.8 Å². The number of methoxy groups -OCH3 is 2. The molecular weight excluding hydrogens is 286 g/mol. The second kappa shape index (κ2) is 7.38. The molecule has 21 heavy (non-hydrogen) atoms. The van der Waals surface area contributed by atoms with Gasteiger partial charge in [0.15, 0.2) is 11.5 Å². The number of benzene rings is 1. The van der Waals surface area contributed by atoms with Crippen molar-refractivity contribution in [2.45, 2.75) is 42.7 Å². The van der Waals surface area contributed by atoms with Crippen LogP contribution in [-0.2, 0) is 6.54 Å². The lowest BCUT2D eigenvalue weighted by atomic mass is 9.98. The molecule has 0 amide bonds. The molecule has 0 bridgehead atoms. The second-order valence-electron chi connectivity index (χ2n) is 5.52. The maximum Gasteiger partial charge on any atom is 0.161 e. The summed E-state index contributed by atoms with van der Waals surface area (Å²) in [7, 11) is 3.30. The number of hydrogen-bond donors (Lipinski definition) is 2. The molecule has 0 radical (unpaired) electrons. The van der Waals surface area contributed by atoms with Gasteiger partial charge in [0.1, 0.15) is 0 Å². The lowest BCUT2D eigenvalue weighted by Crippen LogP contribution is -2.45. The van der Waals surface area contributed by atoms with Gasteiger partial charge in [0.25, 0.3) is 0 Å². The van der Waals surface area contributed by atoms with Gasteiger partial charge in [-0.15, -0.1) is 11.8 Å². The van der Waals surface area contributed by atoms with Crippen LogP contribution in [-0.4, -0.2) is 37.7 Å². The van der Waals surface area contributed by atoms with E-state index >= 15 is 0 Å². The third-order valence-electron chi connectivity index (χ3n) is 4.30. The molecule has 2 N–H and O–H groups in total. The van der Waals surface area contributed by atoms with Crippen LogP contribution in [0.3, 0.4) is 0 Å². The average molecular weight is 311 g/mol. The molecule has 5 heteroatoms. The van der Waals surface area contributed by atoms with Crippen LogP contribution in [0.4, 0.5) is 0 Å². The predicted octanol–water partition coefficient (Wildman–Crippen LogP) is 2.82. The molecule has 1 fully saturated rings. The Labute approximate surface area is 131 Å². The van der Waals surface area contributed by atoms with Crippen LogP contribution in [0.25, 0.3) is 0 Å². The van der Waals surface area contributed by atoms with E-state index < -0.39 is 0 Å². The van der Waals surface area contributed by atoms with Gasteiger partial charge in [-0.1, -0.05) is 12.8 Å². The number of hydrogen-bond acceptors (Lipinski definition) is 5. The first kappa shape index (κ1) is 16.5. The topological polar surface area (TPSA) is 50.7 Å². The van der Waals surface area contributed by atoms with E-state index in [1.807, 2.05) is 12.1 Å². The first-order chi connectivity index (χ1) is 10.2. The summed E-state index contributed by atoms with van der Waals surface area (Å²) in [4.78, 5) is 1.17. The lowest BCUT2D eigenvalue weighted by molar-refractivity contribution is 0.162. The van der Waals surface area contributed by atoms with Crippen molar-refractivity contribution in [3.05, 3.63) is 17.7 Å². The summed E-state index contributed by atoms with van der Waals surface area (Å²) in [5.74, 6) is 1.50. The van der Waals surface area contributed by atoms with Crippen LogP contribution in [0.2, 0.25) is 0 Å². The number of rotatable bonds is 7. The molecule has 0 spiro atoms. The zero-order valence-corrected chi connectivity index (χ0v) is 13.9. The van der Waals surface area contributed by atoms with Crippen LogP contribution < -0.4 is 14.8 Å². The van der Waals surface area contributed by atoms with Gasteiger partial charge in [0.05, 0.1) is 20.8 Å². The summed E-state index contributed by atoms with van der Waals surface area (Å²) in [5.41, 5.74) is 1.07. The van der Waals surface area contributed by atoms with Crippen molar-refractivity contribution in [1.82, 2.24) is 5.32 Å². The molecular formula is C16H25NO3S. The summed E-state index contributed by atoms with van der Waals surface area (Å²) in [6.07, 6.45) is 6.53. The Bertz CT molecular complexity index is 473.